The standard InChI is InChI=1S/C26H30Cl2N2O4S/c1-17(11-18-3-7-22(27)8-4-18)16-34-23-9-10-24-19(12-23)5-6-20(25(24)28)13-30-14-21(15-30)26(31)29-35(2,32)33/h3-4,7-10,12,17,21H,5-6,11,13-16H2,1-2H3,(H,29,31)/t17-/m0/s1. The van der Waals surface area contributed by atoms with E-state index < -0.39 is 15.9 Å². The molecule has 1 aliphatic heterocycles. The molecule has 1 fully saturated rings. The van der Waals surface area contributed by atoms with Crippen molar-refractivity contribution in [1.82, 2.24) is 9.62 Å². The van der Waals surface area contributed by atoms with Crippen LogP contribution in [0.5, 0.6) is 5.75 Å². The molecular weight excluding hydrogens is 507 g/mol. The first-order valence-electron chi connectivity index (χ1n) is 11.7. The number of rotatable bonds is 9. The molecule has 0 aromatic heterocycles. The van der Waals surface area contributed by atoms with Crippen LogP contribution in [-0.4, -0.2) is 51.7 Å². The zero-order chi connectivity index (χ0) is 25.2. The lowest BCUT2D eigenvalue weighted by Crippen LogP contribution is -2.54. The monoisotopic (exact) mass is 536 g/mol. The van der Waals surface area contributed by atoms with Crippen molar-refractivity contribution < 1.29 is 17.9 Å². The molecule has 188 valence electrons. The Morgan fingerprint density at radius 3 is 2.54 bits per heavy atom. The predicted octanol–water partition coefficient (Wildman–Crippen LogP) is 4.50. The number of nitrogens with zero attached hydrogens (tertiary/aromatic N) is 1. The first-order chi connectivity index (χ1) is 16.6. The number of aryl methyl sites for hydroxylation is 1. The van der Waals surface area contributed by atoms with Gasteiger partial charge in [0.2, 0.25) is 15.9 Å². The van der Waals surface area contributed by atoms with Crippen LogP contribution in [0, 0.1) is 11.8 Å². The molecule has 1 aliphatic carbocycles. The zero-order valence-corrected chi connectivity index (χ0v) is 22.2. The molecule has 4 rings (SSSR count). The molecule has 1 N–H and O–H groups in total. The lowest BCUT2D eigenvalue weighted by atomic mass is 9.90. The molecule has 0 unspecified atom stereocenters. The van der Waals surface area contributed by atoms with Crippen molar-refractivity contribution in [2.75, 3.05) is 32.5 Å². The van der Waals surface area contributed by atoms with Crippen molar-refractivity contribution in [3.8, 4) is 5.75 Å². The van der Waals surface area contributed by atoms with Gasteiger partial charge in [-0.2, -0.15) is 0 Å². The predicted molar refractivity (Wildman–Crippen MR) is 140 cm³/mol. The molecule has 0 radical (unpaired) electrons. The summed E-state index contributed by atoms with van der Waals surface area (Å²) < 4.78 is 30.6. The SMILES string of the molecule is C[C@H](COc1ccc2c(c1)CCC(CN1CC(C(=O)NS(C)(=O)=O)C1)=C2Cl)Cc1ccc(Cl)cc1. The molecule has 6 nitrogen and oxygen atoms in total. The van der Waals surface area contributed by atoms with Gasteiger partial charge < -0.3 is 4.74 Å². The van der Waals surface area contributed by atoms with E-state index in [1.165, 1.54) is 11.1 Å². The van der Waals surface area contributed by atoms with Crippen LogP contribution in [0.4, 0.5) is 0 Å². The fourth-order valence-electron chi connectivity index (χ4n) is 4.54. The number of carbonyl (C=O) groups is 1. The highest BCUT2D eigenvalue weighted by atomic mass is 35.5. The molecule has 2 aliphatic rings. The van der Waals surface area contributed by atoms with Gasteiger partial charge in [0, 0.05) is 29.7 Å². The Bertz CT molecular complexity index is 1220. The van der Waals surface area contributed by atoms with Crippen molar-refractivity contribution >= 4 is 44.2 Å². The molecular formula is C26H30Cl2N2O4S. The first kappa shape index (κ1) is 26.0. The van der Waals surface area contributed by atoms with Gasteiger partial charge in [-0.1, -0.05) is 42.3 Å². The Morgan fingerprint density at radius 2 is 1.86 bits per heavy atom. The molecule has 1 atom stereocenters. The molecule has 1 heterocycles. The third kappa shape index (κ3) is 7.00. The summed E-state index contributed by atoms with van der Waals surface area (Å²) in [7, 11) is -3.52. The topological polar surface area (TPSA) is 75.7 Å². The smallest absolute Gasteiger partial charge is 0.239 e. The summed E-state index contributed by atoms with van der Waals surface area (Å²) in [4.78, 5) is 14.1. The summed E-state index contributed by atoms with van der Waals surface area (Å²) >= 11 is 12.7. The Kier molecular flexibility index (Phi) is 8.11. The second kappa shape index (κ2) is 10.9. The van der Waals surface area contributed by atoms with Crippen LogP contribution in [0.15, 0.2) is 48.0 Å². The van der Waals surface area contributed by atoms with Gasteiger partial charge in [0.1, 0.15) is 5.75 Å². The third-order valence-electron chi connectivity index (χ3n) is 6.38. The average molecular weight is 538 g/mol. The molecule has 35 heavy (non-hydrogen) atoms. The number of ether oxygens (including phenoxy) is 1. The lowest BCUT2D eigenvalue weighted by molar-refractivity contribution is -0.128. The molecule has 2 aromatic carbocycles. The number of halogens is 2. The number of benzene rings is 2. The Balaban J connectivity index is 1.30. The largest absolute Gasteiger partial charge is 0.493 e. The molecule has 9 heteroatoms. The number of nitrogens with one attached hydrogen (secondary N) is 1. The highest BCUT2D eigenvalue weighted by molar-refractivity contribution is 7.89. The lowest BCUT2D eigenvalue weighted by Gasteiger charge is -2.39. The van der Waals surface area contributed by atoms with Crippen molar-refractivity contribution in [3.05, 3.63) is 69.8 Å². The molecule has 0 spiro atoms. The maximum Gasteiger partial charge on any atom is 0.239 e. The van der Waals surface area contributed by atoms with Gasteiger partial charge in [-0.15, -0.1) is 0 Å². The van der Waals surface area contributed by atoms with Crippen LogP contribution >= 0.6 is 23.2 Å². The van der Waals surface area contributed by atoms with E-state index in [1.807, 2.05) is 36.4 Å². The molecule has 1 saturated heterocycles. The van der Waals surface area contributed by atoms with E-state index in [-0.39, 0.29) is 5.92 Å². The number of fused-ring (bicyclic) bond motifs is 1. The summed E-state index contributed by atoms with van der Waals surface area (Å²) in [6.07, 6.45) is 3.64. The second-order valence-corrected chi connectivity index (χ2v) is 12.2. The fraction of sp³-hybridized carbons (Fsp3) is 0.423. The van der Waals surface area contributed by atoms with Crippen molar-refractivity contribution in [3.63, 3.8) is 0 Å². The molecule has 1 amide bonds. The van der Waals surface area contributed by atoms with Gasteiger partial charge in [0.15, 0.2) is 0 Å². The van der Waals surface area contributed by atoms with Crippen molar-refractivity contribution in [2.24, 2.45) is 11.8 Å². The van der Waals surface area contributed by atoms with Gasteiger partial charge in [-0.3, -0.25) is 14.4 Å². The fourth-order valence-corrected chi connectivity index (χ4v) is 5.53. The zero-order valence-electron chi connectivity index (χ0n) is 19.9. The van der Waals surface area contributed by atoms with E-state index in [2.05, 4.69) is 22.6 Å². The second-order valence-electron chi connectivity index (χ2n) is 9.61. The molecule has 2 aromatic rings. The summed E-state index contributed by atoms with van der Waals surface area (Å²) in [5.41, 5.74) is 4.59. The Hall–Kier alpha value is -2.06. The van der Waals surface area contributed by atoms with Crippen molar-refractivity contribution in [2.45, 2.75) is 26.2 Å². The quantitative estimate of drug-likeness (QED) is 0.510. The van der Waals surface area contributed by atoms with E-state index in [0.717, 1.165) is 52.5 Å². The van der Waals surface area contributed by atoms with Gasteiger partial charge in [-0.25, -0.2) is 8.42 Å². The highest BCUT2D eigenvalue weighted by Crippen LogP contribution is 2.37. The number of likely N-dealkylation sites (tertiary alicyclic amines) is 1. The van der Waals surface area contributed by atoms with Gasteiger partial charge in [0.05, 0.1) is 18.8 Å². The van der Waals surface area contributed by atoms with Gasteiger partial charge in [-0.05, 0) is 77.8 Å². The van der Waals surface area contributed by atoms with Crippen LogP contribution in [0.2, 0.25) is 5.02 Å². The Labute approximate surface area is 217 Å². The van der Waals surface area contributed by atoms with E-state index in [1.54, 1.807) is 0 Å². The minimum atomic E-state index is -3.52. The van der Waals surface area contributed by atoms with Gasteiger partial charge >= 0.3 is 0 Å². The average Bonchev–Trinajstić information content (AvgIpc) is 2.76. The number of hydrogen-bond acceptors (Lipinski definition) is 5. The van der Waals surface area contributed by atoms with E-state index in [9.17, 15) is 13.2 Å². The Morgan fingerprint density at radius 1 is 1.14 bits per heavy atom. The van der Waals surface area contributed by atoms with E-state index in [4.69, 9.17) is 27.9 Å². The van der Waals surface area contributed by atoms with Crippen LogP contribution in [-0.2, 0) is 27.7 Å². The highest BCUT2D eigenvalue weighted by Gasteiger charge is 2.34. The molecule has 0 bridgehead atoms. The normalized spacial score (nSPS) is 17.5. The number of carbonyl (C=O) groups excluding carboxylic acids is 1. The van der Waals surface area contributed by atoms with Crippen LogP contribution < -0.4 is 9.46 Å². The summed E-state index contributed by atoms with van der Waals surface area (Å²) in [5.74, 6) is 0.471. The van der Waals surface area contributed by atoms with Crippen LogP contribution in [0.1, 0.15) is 30.0 Å². The van der Waals surface area contributed by atoms with Crippen LogP contribution in [0.3, 0.4) is 0 Å². The summed E-state index contributed by atoms with van der Waals surface area (Å²) in [6.45, 7) is 4.54. The number of sulfonamides is 1. The summed E-state index contributed by atoms with van der Waals surface area (Å²) in [6, 6.07) is 14.0. The maximum atomic E-state index is 12.0. The third-order valence-corrected chi connectivity index (χ3v) is 7.67. The van der Waals surface area contributed by atoms with E-state index >= 15 is 0 Å². The molecule has 0 saturated carbocycles. The number of hydrogen-bond donors (Lipinski definition) is 1. The first-order valence-corrected chi connectivity index (χ1v) is 14.3. The van der Waals surface area contributed by atoms with Crippen LogP contribution in [0.25, 0.3) is 5.03 Å². The summed E-state index contributed by atoms with van der Waals surface area (Å²) in [5, 5.41) is 1.51. The number of amides is 1. The van der Waals surface area contributed by atoms with Gasteiger partial charge in [0.25, 0.3) is 0 Å². The van der Waals surface area contributed by atoms with E-state index in [0.29, 0.717) is 32.2 Å². The maximum absolute atomic E-state index is 12.0. The van der Waals surface area contributed by atoms with Crippen molar-refractivity contribution in [1.29, 1.82) is 0 Å². The minimum absolute atomic E-state index is 0.304. The minimum Gasteiger partial charge on any atom is -0.493 e.